The van der Waals surface area contributed by atoms with Gasteiger partial charge in [0.2, 0.25) is 10.0 Å². The summed E-state index contributed by atoms with van der Waals surface area (Å²) >= 11 is 0. The molecule has 3 rings (SSSR count). The molecule has 0 amide bonds. The van der Waals surface area contributed by atoms with Crippen LogP contribution in [0.1, 0.15) is 62.8 Å². The Labute approximate surface area is 139 Å². The zero-order valence-corrected chi connectivity index (χ0v) is 14.5. The summed E-state index contributed by atoms with van der Waals surface area (Å²) in [5, 5.41) is 0. The maximum absolute atomic E-state index is 12.3. The van der Waals surface area contributed by atoms with E-state index in [-0.39, 0.29) is 6.10 Å². The molecule has 1 saturated heterocycles. The van der Waals surface area contributed by atoms with Crippen LogP contribution in [0.4, 0.5) is 0 Å². The second-order valence-electron chi connectivity index (χ2n) is 6.73. The fourth-order valence-corrected chi connectivity index (χ4v) is 4.71. The Hall–Kier alpha value is -0.910. The minimum atomic E-state index is -3.41. The maximum Gasteiger partial charge on any atom is 0.240 e. The lowest BCUT2D eigenvalue weighted by molar-refractivity contribution is 0.105. The number of benzene rings is 1. The number of ether oxygens (including phenoxy) is 1. The van der Waals surface area contributed by atoms with Crippen molar-refractivity contribution in [1.29, 1.82) is 0 Å². The Bertz CT molecular complexity index is 585. The predicted octanol–water partition coefficient (Wildman–Crippen LogP) is 3.58. The zero-order chi connectivity index (χ0) is 16.1. The topological polar surface area (TPSA) is 55.4 Å². The van der Waals surface area contributed by atoms with Gasteiger partial charge in [-0.25, -0.2) is 13.1 Å². The summed E-state index contributed by atoms with van der Waals surface area (Å²) in [6.45, 7) is 1.25. The highest BCUT2D eigenvalue weighted by molar-refractivity contribution is 7.89. The van der Waals surface area contributed by atoms with Gasteiger partial charge in [0.25, 0.3) is 0 Å². The molecule has 2 fully saturated rings. The first kappa shape index (κ1) is 16.9. The van der Waals surface area contributed by atoms with Gasteiger partial charge in [-0.3, -0.25) is 0 Å². The number of hydrogen-bond acceptors (Lipinski definition) is 3. The van der Waals surface area contributed by atoms with Gasteiger partial charge >= 0.3 is 0 Å². The minimum absolute atomic E-state index is 0.214. The van der Waals surface area contributed by atoms with Crippen LogP contribution in [-0.2, 0) is 14.8 Å². The van der Waals surface area contributed by atoms with E-state index in [2.05, 4.69) is 4.72 Å². The average Bonchev–Trinajstić information content (AvgIpc) is 3.09. The molecule has 1 aromatic rings. The molecule has 5 heteroatoms. The van der Waals surface area contributed by atoms with E-state index in [9.17, 15) is 8.42 Å². The first-order chi connectivity index (χ1) is 11.1. The monoisotopic (exact) mass is 337 g/mol. The van der Waals surface area contributed by atoms with Crippen molar-refractivity contribution in [2.45, 2.75) is 68.3 Å². The van der Waals surface area contributed by atoms with Crippen molar-refractivity contribution in [3.63, 3.8) is 0 Å². The molecule has 1 saturated carbocycles. The first-order valence-corrected chi connectivity index (χ1v) is 10.3. The number of nitrogens with one attached hydrogen (secondary N) is 1. The molecular weight excluding hydrogens is 310 g/mol. The van der Waals surface area contributed by atoms with E-state index < -0.39 is 10.0 Å². The molecule has 1 atom stereocenters. The van der Waals surface area contributed by atoms with Crippen molar-refractivity contribution >= 4 is 10.0 Å². The van der Waals surface area contributed by atoms with Crippen molar-refractivity contribution < 1.29 is 13.2 Å². The summed E-state index contributed by atoms with van der Waals surface area (Å²) in [5.41, 5.74) is 1.28. The van der Waals surface area contributed by atoms with E-state index in [1.807, 2.05) is 12.1 Å². The van der Waals surface area contributed by atoms with Crippen LogP contribution in [0.25, 0.3) is 0 Å². The van der Waals surface area contributed by atoms with Gasteiger partial charge in [-0.05, 0) is 55.7 Å². The summed E-state index contributed by atoms with van der Waals surface area (Å²) in [5.74, 6) is 0.605. The number of rotatable bonds is 6. The lowest BCUT2D eigenvalue weighted by atomic mass is 9.84. The second-order valence-corrected chi connectivity index (χ2v) is 8.49. The minimum Gasteiger partial charge on any atom is -0.378 e. The Morgan fingerprint density at radius 1 is 1.00 bits per heavy atom. The van der Waals surface area contributed by atoms with E-state index >= 15 is 0 Å². The van der Waals surface area contributed by atoms with Gasteiger partial charge in [-0.15, -0.1) is 0 Å². The van der Waals surface area contributed by atoms with E-state index in [1.165, 1.54) is 37.7 Å². The summed E-state index contributed by atoms with van der Waals surface area (Å²) in [6.07, 6.45) is 9.45. The third-order valence-corrected chi connectivity index (χ3v) is 6.53. The van der Waals surface area contributed by atoms with Gasteiger partial charge in [-0.2, -0.15) is 0 Å². The molecule has 0 bridgehead atoms. The zero-order valence-electron chi connectivity index (χ0n) is 13.7. The van der Waals surface area contributed by atoms with Crippen molar-refractivity contribution in [1.82, 2.24) is 4.72 Å². The first-order valence-electron chi connectivity index (χ1n) is 8.86. The van der Waals surface area contributed by atoms with Crippen LogP contribution in [0, 0.1) is 0 Å². The fraction of sp³-hybridized carbons (Fsp3) is 0.667. The fourth-order valence-electron chi connectivity index (χ4n) is 3.66. The Morgan fingerprint density at radius 2 is 1.74 bits per heavy atom. The molecule has 1 heterocycles. The van der Waals surface area contributed by atoms with Gasteiger partial charge < -0.3 is 4.74 Å². The Morgan fingerprint density at radius 3 is 2.39 bits per heavy atom. The second kappa shape index (κ2) is 7.77. The molecule has 1 aliphatic carbocycles. The number of sulfonamides is 1. The molecule has 4 nitrogen and oxygen atoms in total. The highest BCUT2D eigenvalue weighted by Crippen LogP contribution is 2.32. The SMILES string of the molecule is O=S(=O)(NCC[C@@H]1CCCO1)c1ccc(C2CCCCC2)cc1. The standard InChI is InChI=1S/C18H27NO3S/c20-23(21,19-13-12-17-7-4-14-22-17)18-10-8-16(9-11-18)15-5-2-1-3-6-15/h8-11,15,17,19H,1-7,12-14H2/t17-/m0/s1. The van der Waals surface area contributed by atoms with Gasteiger partial charge in [0, 0.05) is 13.2 Å². The molecule has 0 unspecified atom stereocenters. The number of hydrogen-bond donors (Lipinski definition) is 1. The summed E-state index contributed by atoms with van der Waals surface area (Å²) in [4.78, 5) is 0.365. The van der Waals surface area contributed by atoms with Crippen LogP contribution in [-0.4, -0.2) is 27.7 Å². The van der Waals surface area contributed by atoms with Crippen LogP contribution in [0.5, 0.6) is 0 Å². The van der Waals surface area contributed by atoms with Crippen LogP contribution in [0.15, 0.2) is 29.2 Å². The van der Waals surface area contributed by atoms with E-state index in [0.717, 1.165) is 25.9 Å². The molecule has 128 valence electrons. The summed E-state index contributed by atoms with van der Waals surface area (Å²) in [7, 11) is -3.41. The van der Waals surface area contributed by atoms with Gasteiger partial charge in [0.1, 0.15) is 0 Å². The predicted molar refractivity (Wildman–Crippen MR) is 91.0 cm³/mol. The normalized spacial score (nSPS) is 23.2. The van der Waals surface area contributed by atoms with Crippen molar-refractivity contribution in [2.75, 3.05) is 13.2 Å². The van der Waals surface area contributed by atoms with Crippen LogP contribution in [0.3, 0.4) is 0 Å². The maximum atomic E-state index is 12.3. The van der Waals surface area contributed by atoms with Crippen molar-refractivity contribution in [3.05, 3.63) is 29.8 Å². The Kier molecular flexibility index (Phi) is 5.72. The average molecular weight is 337 g/mol. The van der Waals surface area contributed by atoms with Crippen molar-refractivity contribution in [2.24, 2.45) is 0 Å². The van der Waals surface area contributed by atoms with E-state index in [1.54, 1.807) is 12.1 Å². The molecule has 0 spiro atoms. The molecule has 1 N–H and O–H groups in total. The summed E-state index contributed by atoms with van der Waals surface area (Å²) < 4.78 is 32.9. The molecule has 2 aliphatic rings. The molecule has 0 radical (unpaired) electrons. The van der Waals surface area contributed by atoms with E-state index in [0.29, 0.717) is 17.4 Å². The van der Waals surface area contributed by atoms with Crippen LogP contribution in [0.2, 0.25) is 0 Å². The van der Waals surface area contributed by atoms with Gasteiger partial charge in [0.05, 0.1) is 11.0 Å². The highest BCUT2D eigenvalue weighted by atomic mass is 32.2. The van der Waals surface area contributed by atoms with Crippen LogP contribution < -0.4 is 4.72 Å². The van der Waals surface area contributed by atoms with Gasteiger partial charge in [0.15, 0.2) is 0 Å². The lowest BCUT2D eigenvalue weighted by Crippen LogP contribution is -2.27. The molecular formula is C18H27NO3S. The molecule has 1 aromatic carbocycles. The lowest BCUT2D eigenvalue weighted by Gasteiger charge is -2.22. The Balaban J connectivity index is 1.56. The largest absolute Gasteiger partial charge is 0.378 e. The van der Waals surface area contributed by atoms with E-state index in [4.69, 9.17) is 4.74 Å². The quantitative estimate of drug-likeness (QED) is 0.863. The summed E-state index contributed by atoms with van der Waals surface area (Å²) in [6, 6.07) is 7.48. The third kappa shape index (κ3) is 4.55. The van der Waals surface area contributed by atoms with Crippen LogP contribution >= 0.6 is 0 Å². The third-order valence-electron chi connectivity index (χ3n) is 5.05. The van der Waals surface area contributed by atoms with Gasteiger partial charge in [-0.1, -0.05) is 31.4 Å². The molecule has 0 aromatic heterocycles. The highest BCUT2D eigenvalue weighted by Gasteiger charge is 2.19. The smallest absolute Gasteiger partial charge is 0.240 e. The molecule has 23 heavy (non-hydrogen) atoms. The molecule has 1 aliphatic heterocycles. The van der Waals surface area contributed by atoms with Crippen molar-refractivity contribution in [3.8, 4) is 0 Å².